The van der Waals surface area contributed by atoms with Crippen molar-refractivity contribution in [2.75, 3.05) is 83.7 Å². The summed E-state index contributed by atoms with van der Waals surface area (Å²) < 4.78 is 11.2. The van der Waals surface area contributed by atoms with Gasteiger partial charge >= 0.3 is 0 Å². The summed E-state index contributed by atoms with van der Waals surface area (Å²) in [5.41, 5.74) is 11.4. The molecule has 75 heavy (non-hydrogen) atoms. The van der Waals surface area contributed by atoms with E-state index >= 15 is 0 Å². The van der Waals surface area contributed by atoms with Gasteiger partial charge in [0, 0.05) is 76.5 Å². The summed E-state index contributed by atoms with van der Waals surface area (Å²) in [5, 5.41) is 21.1. The summed E-state index contributed by atoms with van der Waals surface area (Å²) in [4.78, 5) is 92.6. The van der Waals surface area contributed by atoms with E-state index in [9.17, 15) is 29.1 Å². The van der Waals surface area contributed by atoms with Gasteiger partial charge in [0.25, 0.3) is 0 Å². The number of hydrogen-bond acceptors (Lipinski definition) is 15. The van der Waals surface area contributed by atoms with Crippen LogP contribution in [-0.4, -0.2) is 172 Å². The van der Waals surface area contributed by atoms with Gasteiger partial charge < -0.3 is 55.9 Å². The number of aliphatic hydroxyl groups is 1. The molecule has 2 aromatic carbocycles. The third-order valence-corrected chi connectivity index (χ3v) is 15.5. The molecule has 0 radical (unpaired) electrons. The molecule has 3 fully saturated rings. The average molecular weight is 1070 g/mol. The number of piperazine rings is 1. The lowest BCUT2D eigenvalue weighted by atomic mass is 9.85. The number of piperidine rings is 1. The number of aromatic amines is 1. The first kappa shape index (κ1) is 55.2. The molecule has 402 valence electrons. The van der Waals surface area contributed by atoms with E-state index in [4.69, 9.17) is 26.8 Å². The molecular weight excluding hydrogens is 1000 g/mol. The van der Waals surface area contributed by atoms with E-state index in [0.717, 1.165) is 44.1 Å². The van der Waals surface area contributed by atoms with E-state index in [1.807, 2.05) is 88.5 Å². The van der Waals surface area contributed by atoms with Crippen molar-refractivity contribution in [3.05, 3.63) is 94.5 Å². The van der Waals surface area contributed by atoms with Gasteiger partial charge in [-0.2, -0.15) is 0 Å². The second-order valence-corrected chi connectivity index (χ2v) is 22.0. The molecule has 20 nitrogen and oxygen atoms in total. The first-order chi connectivity index (χ1) is 36.0. The first-order valence-corrected chi connectivity index (χ1v) is 26.8. The smallest absolute Gasteiger partial charge is 0.248 e. The van der Waals surface area contributed by atoms with Crippen molar-refractivity contribution in [3.8, 4) is 10.4 Å². The predicted molar refractivity (Wildman–Crippen MR) is 286 cm³/mol. The molecule has 22 heteroatoms. The summed E-state index contributed by atoms with van der Waals surface area (Å²) in [5.74, 6) is -0.930. The molecule has 1 unspecified atom stereocenters. The monoisotopic (exact) mass is 1070 g/mol. The highest BCUT2D eigenvalue weighted by Gasteiger charge is 2.45. The molecule has 0 bridgehead atoms. The van der Waals surface area contributed by atoms with Gasteiger partial charge in [-0.3, -0.25) is 28.9 Å². The Morgan fingerprint density at radius 3 is 2.31 bits per heavy atom. The number of rotatable bonds is 20. The number of anilines is 1. The van der Waals surface area contributed by atoms with Crippen LogP contribution in [0.2, 0.25) is 5.02 Å². The van der Waals surface area contributed by atoms with Crippen LogP contribution in [0.25, 0.3) is 21.5 Å². The van der Waals surface area contributed by atoms with Gasteiger partial charge in [0.15, 0.2) is 0 Å². The highest BCUT2D eigenvalue weighted by molar-refractivity contribution is 7.13. The first-order valence-electron chi connectivity index (χ1n) is 25.5. The molecule has 3 aromatic heterocycles. The highest BCUT2D eigenvalue weighted by atomic mass is 35.5. The second-order valence-electron chi connectivity index (χ2n) is 20.7. The lowest BCUT2D eigenvalue weighted by Crippen LogP contribution is -2.60. The fraction of sp³-hybridized carbons (Fsp3) is 0.509. The van der Waals surface area contributed by atoms with Crippen LogP contribution in [0.1, 0.15) is 69.3 Å². The van der Waals surface area contributed by atoms with E-state index in [1.54, 1.807) is 21.7 Å². The maximum absolute atomic E-state index is 14.0. The molecule has 3 aliphatic rings. The maximum Gasteiger partial charge on any atom is 0.248 e. The summed E-state index contributed by atoms with van der Waals surface area (Å²) in [6, 6.07) is 15.0. The molecule has 5 aromatic rings. The SMILES string of the molecule is Cc1ncsc1-c1ccc(CNC(=O)[C@@H]2C[C@@H](O)CN2C(=O)C(NC(=O)COCCOCC(=O)N2CCN(CC[C@H](NC(=O)C3(N)CCN(c4ncnc5[nH]ccc45)CC3)c3ccc(Cl)cc3)CC2)C(C)(C)C)cc1. The minimum absolute atomic E-state index is 0.0340. The number of aryl methyl sites for hydroxylation is 1. The number of halogens is 1. The molecule has 5 amide bonds. The molecule has 4 atom stereocenters. The lowest BCUT2D eigenvalue weighted by Gasteiger charge is -2.39. The number of carbonyl (C=O) groups is 5. The number of β-amino-alcohol motifs (C(OH)–C–C–N with tert-alkyl or cyclic N) is 1. The maximum atomic E-state index is 14.0. The Kier molecular flexibility index (Phi) is 18.2. The number of H-pyrrole nitrogens is 1. The summed E-state index contributed by atoms with van der Waals surface area (Å²) >= 11 is 7.80. The second kappa shape index (κ2) is 24.7. The van der Waals surface area contributed by atoms with E-state index in [1.165, 1.54) is 11.2 Å². The zero-order chi connectivity index (χ0) is 53.3. The van der Waals surface area contributed by atoms with Crippen molar-refractivity contribution < 1.29 is 38.6 Å². The zero-order valence-corrected chi connectivity index (χ0v) is 44.6. The van der Waals surface area contributed by atoms with Gasteiger partial charge in [-0.15, -0.1) is 11.3 Å². The van der Waals surface area contributed by atoms with Crippen LogP contribution >= 0.6 is 22.9 Å². The highest BCUT2D eigenvalue weighted by Crippen LogP contribution is 2.31. The minimum Gasteiger partial charge on any atom is -0.391 e. The largest absolute Gasteiger partial charge is 0.391 e. The van der Waals surface area contributed by atoms with E-state index in [0.29, 0.717) is 70.1 Å². The number of aromatic nitrogens is 4. The number of benzene rings is 2. The molecule has 3 aliphatic heterocycles. The molecule has 0 saturated carbocycles. The van der Waals surface area contributed by atoms with Crippen LogP contribution in [0.3, 0.4) is 0 Å². The third kappa shape index (κ3) is 14.1. The van der Waals surface area contributed by atoms with Crippen molar-refractivity contribution in [2.45, 2.75) is 89.7 Å². The van der Waals surface area contributed by atoms with Gasteiger partial charge in [0.2, 0.25) is 29.5 Å². The van der Waals surface area contributed by atoms with Crippen LogP contribution in [0, 0.1) is 12.3 Å². The number of fused-ring (bicyclic) bond motifs is 1. The third-order valence-electron chi connectivity index (χ3n) is 14.3. The summed E-state index contributed by atoms with van der Waals surface area (Å²) in [6.07, 6.45) is 4.09. The molecule has 6 heterocycles. The predicted octanol–water partition coefficient (Wildman–Crippen LogP) is 3.58. The van der Waals surface area contributed by atoms with Crippen molar-refractivity contribution in [1.82, 2.24) is 50.6 Å². The van der Waals surface area contributed by atoms with Gasteiger partial charge in [0.1, 0.15) is 43.1 Å². The number of nitrogens with one attached hydrogen (secondary N) is 4. The van der Waals surface area contributed by atoms with Gasteiger partial charge in [0.05, 0.1) is 52.4 Å². The van der Waals surface area contributed by atoms with E-state index in [-0.39, 0.29) is 63.8 Å². The molecule has 0 spiro atoms. The number of hydrogen-bond donors (Lipinski definition) is 6. The molecule has 8 rings (SSSR count). The van der Waals surface area contributed by atoms with Crippen LogP contribution in [0.4, 0.5) is 5.82 Å². The van der Waals surface area contributed by atoms with Crippen LogP contribution in [0.15, 0.2) is 72.6 Å². The average Bonchev–Trinajstić information content (AvgIpc) is 4.17. The molecular formula is C53H69ClN12O8S. The van der Waals surface area contributed by atoms with Crippen molar-refractivity contribution >= 4 is 69.3 Å². The number of nitrogens with zero attached hydrogens (tertiary/aromatic N) is 7. The summed E-state index contributed by atoms with van der Waals surface area (Å²) in [6.45, 7) is 11.3. The van der Waals surface area contributed by atoms with Crippen LogP contribution in [-0.2, 0) is 40.0 Å². The Labute approximate surface area is 446 Å². The Morgan fingerprint density at radius 2 is 1.63 bits per heavy atom. The summed E-state index contributed by atoms with van der Waals surface area (Å²) in [7, 11) is 0. The fourth-order valence-electron chi connectivity index (χ4n) is 9.82. The Morgan fingerprint density at radius 1 is 0.920 bits per heavy atom. The Hall–Kier alpha value is -6.07. The van der Waals surface area contributed by atoms with Crippen molar-refractivity contribution in [1.29, 1.82) is 0 Å². The van der Waals surface area contributed by atoms with Gasteiger partial charge in [-0.1, -0.05) is 68.8 Å². The fourth-order valence-corrected chi connectivity index (χ4v) is 10.8. The topological polar surface area (TPSA) is 254 Å². The lowest BCUT2D eigenvalue weighted by molar-refractivity contribution is -0.144. The van der Waals surface area contributed by atoms with E-state index < -0.39 is 46.9 Å². The van der Waals surface area contributed by atoms with Gasteiger partial charge in [-0.05, 0) is 66.5 Å². The van der Waals surface area contributed by atoms with Crippen molar-refractivity contribution in [3.63, 3.8) is 0 Å². The van der Waals surface area contributed by atoms with Crippen molar-refractivity contribution in [2.24, 2.45) is 11.1 Å². The van der Waals surface area contributed by atoms with Crippen LogP contribution in [0.5, 0.6) is 0 Å². The molecule has 0 aliphatic carbocycles. The van der Waals surface area contributed by atoms with E-state index in [2.05, 4.69) is 45.7 Å². The molecule has 7 N–H and O–H groups in total. The standard InChI is InChI=1S/C53H69ClN12O8S/c1-34-45(75-33-60-34)37-7-5-35(6-8-37)28-57-49(70)42-27-39(67)29-66(42)50(71)46(52(2,3)4)62-43(68)30-73-25-26-74-31-44(69)64-23-21-63(22-24-64)18-14-41(36-9-11-38(54)12-10-36)61-51(72)53(55)15-19-65(20-16-53)48-40-13-17-56-47(40)58-32-59-48/h5-13,17,32-33,39,41-42,46,67H,14-16,18-31,55H2,1-4H3,(H,57,70)(H,61,72)(H,62,68)(H,56,58,59)/t39-,41+,42+,46?/m1/s1. The number of amides is 5. The quantitative estimate of drug-likeness (QED) is 0.0610. The van der Waals surface area contributed by atoms with Gasteiger partial charge in [-0.25, -0.2) is 15.0 Å². The zero-order valence-electron chi connectivity index (χ0n) is 43.1. The Balaban J connectivity index is 0.728. The number of aliphatic hydroxyl groups excluding tert-OH is 1. The number of ether oxygens (including phenoxy) is 2. The van der Waals surface area contributed by atoms with Crippen LogP contribution < -0.4 is 26.6 Å². The number of likely N-dealkylation sites (tertiary alicyclic amines) is 1. The number of carbonyl (C=O) groups excluding carboxylic acids is 5. The minimum atomic E-state index is -1.05. The molecule has 3 saturated heterocycles. The normalized spacial score (nSPS) is 18.9. The number of nitrogens with two attached hydrogens (primary N) is 1. The number of thiazole rings is 1. The Bertz CT molecular complexity index is 2750.